The molecule has 24 heavy (non-hydrogen) atoms. The fourth-order valence-corrected chi connectivity index (χ4v) is 3.85. The fourth-order valence-electron chi connectivity index (χ4n) is 3.85. The van der Waals surface area contributed by atoms with Crippen LogP contribution in [0.5, 0.6) is 0 Å². The van der Waals surface area contributed by atoms with Crippen LogP contribution in [0.25, 0.3) is 5.57 Å². The quantitative estimate of drug-likeness (QED) is 0.752. The van der Waals surface area contributed by atoms with Crippen LogP contribution in [0.3, 0.4) is 0 Å². The van der Waals surface area contributed by atoms with Gasteiger partial charge in [-0.25, -0.2) is 4.98 Å². The molecule has 1 aromatic rings. The van der Waals surface area contributed by atoms with Crippen molar-refractivity contribution in [3.8, 4) is 0 Å². The molecule has 2 aliphatic carbocycles. The van der Waals surface area contributed by atoms with Crippen molar-refractivity contribution in [2.75, 3.05) is 5.32 Å². The smallest absolute Gasteiger partial charge is 0.344 e. The van der Waals surface area contributed by atoms with Crippen LogP contribution < -0.4 is 5.32 Å². The maximum absolute atomic E-state index is 13.4. The molecule has 1 fully saturated rings. The number of halogens is 3. The van der Waals surface area contributed by atoms with E-state index in [-0.39, 0.29) is 29.7 Å². The third kappa shape index (κ3) is 3.21. The maximum atomic E-state index is 13.4. The predicted molar refractivity (Wildman–Crippen MR) is 90.3 cm³/mol. The van der Waals surface area contributed by atoms with Gasteiger partial charge < -0.3 is 5.32 Å². The van der Waals surface area contributed by atoms with Crippen molar-refractivity contribution in [2.24, 2.45) is 17.8 Å². The summed E-state index contributed by atoms with van der Waals surface area (Å²) in [6.07, 6.45) is 0.248. The number of fused-ring (bicyclic) bond motifs is 1. The normalized spacial score (nSPS) is 23.8. The lowest BCUT2D eigenvalue weighted by Crippen LogP contribution is -2.12. The van der Waals surface area contributed by atoms with Gasteiger partial charge in [-0.1, -0.05) is 26.8 Å². The van der Waals surface area contributed by atoms with E-state index >= 15 is 0 Å². The van der Waals surface area contributed by atoms with Crippen molar-refractivity contribution in [1.82, 2.24) is 4.98 Å². The molecule has 5 heteroatoms. The van der Waals surface area contributed by atoms with E-state index in [2.05, 4.69) is 16.9 Å². The summed E-state index contributed by atoms with van der Waals surface area (Å²) in [5.74, 6) is 1.07. The largest absolute Gasteiger partial charge is 0.412 e. The number of rotatable bonds is 4. The second-order valence-corrected chi connectivity index (χ2v) is 7.13. The summed E-state index contributed by atoms with van der Waals surface area (Å²) in [4.78, 5) is 4.30. The second-order valence-electron chi connectivity index (χ2n) is 7.13. The van der Waals surface area contributed by atoms with Gasteiger partial charge in [0.25, 0.3) is 0 Å². The van der Waals surface area contributed by atoms with Gasteiger partial charge in [0.05, 0.1) is 0 Å². The molecule has 1 heterocycles. The molecule has 2 aliphatic rings. The Morgan fingerprint density at radius 1 is 1.29 bits per heavy atom. The minimum atomic E-state index is -4.25. The minimum absolute atomic E-state index is 0.0351. The van der Waals surface area contributed by atoms with Crippen LogP contribution in [-0.2, 0) is 0 Å². The molecule has 3 rings (SSSR count). The molecule has 1 N–H and O–H groups in total. The van der Waals surface area contributed by atoms with Gasteiger partial charge in [-0.15, -0.1) is 0 Å². The Kier molecular flexibility index (Phi) is 4.45. The first kappa shape index (κ1) is 17.1. The molecule has 0 aliphatic heterocycles. The topological polar surface area (TPSA) is 24.9 Å². The van der Waals surface area contributed by atoms with Crippen LogP contribution in [-0.4, -0.2) is 11.2 Å². The highest BCUT2D eigenvalue weighted by atomic mass is 19.4. The van der Waals surface area contributed by atoms with Gasteiger partial charge in [-0.2, -0.15) is 13.2 Å². The number of hydrogen-bond acceptors (Lipinski definition) is 2. The molecule has 2 unspecified atom stereocenters. The van der Waals surface area contributed by atoms with E-state index in [0.717, 1.165) is 25.0 Å². The molecule has 1 saturated carbocycles. The lowest BCUT2D eigenvalue weighted by molar-refractivity contribution is -0.0933. The molecule has 1 aromatic heterocycles. The van der Waals surface area contributed by atoms with E-state index in [1.54, 1.807) is 18.3 Å². The lowest BCUT2D eigenvalue weighted by atomic mass is 9.91. The molecule has 0 spiro atoms. The molecular weight excluding hydrogens is 313 g/mol. The first-order valence-corrected chi connectivity index (χ1v) is 8.50. The van der Waals surface area contributed by atoms with Gasteiger partial charge in [0.1, 0.15) is 5.82 Å². The number of nitrogens with zero attached hydrogens (tertiary/aromatic N) is 1. The average molecular weight is 336 g/mol. The number of aromatic nitrogens is 1. The van der Waals surface area contributed by atoms with E-state index in [0.29, 0.717) is 17.0 Å². The monoisotopic (exact) mass is 336 g/mol. The van der Waals surface area contributed by atoms with Gasteiger partial charge >= 0.3 is 6.18 Å². The van der Waals surface area contributed by atoms with Crippen LogP contribution in [0.2, 0.25) is 0 Å². The van der Waals surface area contributed by atoms with Crippen molar-refractivity contribution in [1.29, 1.82) is 0 Å². The van der Waals surface area contributed by atoms with Crippen molar-refractivity contribution in [3.05, 3.63) is 41.7 Å². The summed E-state index contributed by atoms with van der Waals surface area (Å²) < 4.78 is 40.3. The average Bonchev–Trinajstić information content (AvgIpc) is 3.08. The van der Waals surface area contributed by atoms with Crippen LogP contribution >= 0.6 is 0 Å². The zero-order chi connectivity index (χ0) is 17.5. The minimum Gasteiger partial charge on any atom is -0.344 e. The first-order chi connectivity index (χ1) is 11.3. The lowest BCUT2D eigenvalue weighted by Gasteiger charge is -2.17. The SMILES string of the molecule is C=C(Nc1ccc(C2=C(C(F)(F)F)CC3CCCC23)cn1)C(C)C. The zero-order valence-electron chi connectivity index (χ0n) is 14.1. The highest BCUT2D eigenvalue weighted by molar-refractivity contribution is 5.74. The summed E-state index contributed by atoms with van der Waals surface area (Å²) >= 11 is 0. The Labute approximate surface area is 140 Å². The highest BCUT2D eigenvalue weighted by Crippen LogP contribution is 2.55. The van der Waals surface area contributed by atoms with Crippen LogP contribution in [0.1, 0.15) is 45.1 Å². The first-order valence-electron chi connectivity index (χ1n) is 8.50. The maximum Gasteiger partial charge on any atom is 0.412 e. The molecule has 0 radical (unpaired) electrons. The van der Waals surface area contributed by atoms with Crippen molar-refractivity contribution in [2.45, 2.75) is 45.7 Å². The molecule has 2 atom stereocenters. The number of anilines is 1. The molecule has 130 valence electrons. The Balaban J connectivity index is 1.90. The van der Waals surface area contributed by atoms with Crippen molar-refractivity contribution < 1.29 is 13.2 Å². The summed E-state index contributed by atoms with van der Waals surface area (Å²) in [6.45, 7) is 7.96. The highest BCUT2D eigenvalue weighted by Gasteiger charge is 2.47. The van der Waals surface area contributed by atoms with Crippen LogP contribution in [0.15, 0.2) is 36.2 Å². The third-order valence-electron chi connectivity index (χ3n) is 5.22. The molecule has 2 nitrogen and oxygen atoms in total. The molecule has 0 bridgehead atoms. The number of alkyl halides is 3. The summed E-state index contributed by atoms with van der Waals surface area (Å²) in [7, 11) is 0. The Morgan fingerprint density at radius 3 is 2.62 bits per heavy atom. The van der Waals surface area contributed by atoms with E-state index in [1.165, 1.54) is 0 Å². The fraction of sp³-hybridized carbons (Fsp3) is 0.526. The number of hydrogen-bond donors (Lipinski definition) is 1. The molecule has 0 saturated heterocycles. The van der Waals surface area contributed by atoms with E-state index in [4.69, 9.17) is 0 Å². The van der Waals surface area contributed by atoms with Crippen molar-refractivity contribution in [3.63, 3.8) is 0 Å². The number of pyridine rings is 1. The summed E-state index contributed by atoms with van der Waals surface area (Å²) in [5, 5.41) is 3.10. The third-order valence-corrected chi connectivity index (χ3v) is 5.22. The van der Waals surface area contributed by atoms with Gasteiger partial charge in [0.2, 0.25) is 0 Å². The van der Waals surface area contributed by atoms with Gasteiger partial charge in [-0.3, -0.25) is 0 Å². The molecule has 0 amide bonds. The van der Waals surface area contributed by atoms with Crippen LogP contribution in [0.4, 0.5) is 19.0 Å². The van der Waals surface area contributed by atoms with Gasteiger partial charge in [0.15, 0.2) is 0 Å². The second kappa shape index (κ2) is 6.26. The summed E-state index contributed by atoms with van der Waals surface area (Å²) in [6, 6.07) is 3.50. The predicted octanol–water partition coefficient (Wildman–Crippen LogP) is 5.80. The Morgan fingerprint density at radius 2 is 2.04 bits per heavy atom. The molecule has 0 aromatic carbocycles. The van der Waals surface area contributed by atoms with Gasteiger partial charge in [0, 0.05) is 17.5 Å². The van der Waals surface area contributed by atoms with Crippen molar-refractivity contribution >= 4 is 11.4 Å². The summed E-state index contributed by atoms with van der Waals surface area (Å²) in [5.41, 5.74) is 1.58. The van der Waals surface area contributed by atoms with E-state index in [9.17, 15) is 13.2 Å². The van der Waals surface area contributed by atoms with Gasteiger partial charge in [-0.05, 0) is 60.3 Å². The standard InChI is InChI=1S/C19H23F3N2/c1-11(2)12(3)24-17-8-7-14(10-23-17)18-15-6-4-5-13(15)9-16(18)19(20,21)22/h7-8,10-11,13,15H,3-6,9H2,1-2H3,(H,23,24). The number of nitrogens with one attached hydrogen (secondary N) is 1. The Bertz CT molecular complexity index is 656. The van der Waals surface area contributed by atoms with Crippen LogP contribution in [0, 0.1) is 17.8 Å². The Hall–Kier alpha value is -1.78. The molecular formula is C19H23F3N2. The zero-order valence-corrected chi connectivity index (χ0v) is 14.1. The number of allylic oxidation sites excluding steroid dienone is 3. The van der Waals surface area contributed by atoms with E-state index < -0.39 is 6.18 Å². The van der Waals surface area contributed by atoms with E-state index in [1.807, 2.05) is 13.8 Å².